The Morgan fingerprint density at radius 1 is 1.17 bits per heavy atom. The molecule has 8 nitrogen and oxygen atoms in total. The number of carbonyl (C=O) groups excluding carboxylic acids is 1. The van der Waals surface area contributed by atoms with E-state index in [4.69, 9.17) is 27.9 Å². The quantitative estimate of drug-likeness (QED) is 0.370. The van der Waals surface area contributed by atoms with Gasteiger partial charge in [0.15, 0.2) is 0 Å². The molecule has 0 radical (unpaired) electrons. The second-order valence-corrected chi connectivity index (χ2v) is 9.78. The van der Waals surface area contributed by atoms with Crippen LogP contribution in [-0.4, -0.2) is 37.7 Å². The topological polar surface area (TPSA) is 110 Å². The lowest BCUT2D eigenvalue weighted by atomic mass is 10.2. The van der Waals surface area contributed by atoms with Crippen LogP contribution in [0.1, 0.15) is 15.9 Å². The van der Waals surface area contributed by atoms with Gasteiger partial charge >= 0.3 is 0 Å². The maximum Gasteiger partial charge on any atom is 0.269 e. The third kappa shape index (κ3) is 5.89. The highest BCUT2D eigenvalue weighted by Crippen LogP contribution is 2.24. The molecule has 158 valence electrons. The van der Waals surface area contributed by atoms with Gasteiger partial charge in [-0.25, -0.2) is 13.1 Å². The van der Waals surface area contributed by atoms with Crippen molar-refractivity contribution in [1.29, 1.82) is 0 Å². The second-order valence-electron chi connectivity index (χ2n) is 6.01. The number of amides is 1. The number of rotatable bonds is 8. The van der Waals surface area contributed by atoms with Crippen LogP contribution in [0.15, 0.2) is 46.8 Å². The fraction of sp³-hybridized carbons (Fsp3) is 0.167. The van der Waals surface area contributed by atoms with Gasteiger partial charge in [-0.15, -0.1) is 10.2 Å². The van der Waals surface area contributed by atoms with Gasteiger partial charge in [-0.2, -0.15) is 0 Å². The molecule has 0 fully saturated rings. The molecule has 0 saturated heterocycles. The molecular formula is C18H16Cl2N4O4S2. The third-order valence-corrected chi connectivity index (χ3v) is 6.90. The van der Waals surface area contributed by atoms with Crippen LogP contribution in [0.25, 0.3) is 0 Å². The summed E-state index contributed by atoms with van der Waals surface area (Å²) < 4.78 is 32.3. The van der Waals surface area contributed by atoms with Crippen LogP contribution in [0.2, 0.25) is 10.0 Å². The van der Waals surface area contributed by atoms with E-state index in [9.17, 15) is 13.2 Å². The standard InChI is InChI=1S/C18H16Cl2N4O4S2/c1-11-3-2-4-13(9-11)28-8-7-21-30(26,27)18-24-23-17(29-18)22-16(25)14-6-5-12(19)10-15(14)20/h2-6,9-10,21H,7-8H2,1H3,(H,22,23,25). The fourth-order valence-electron chi connectivity index (χ4n) is 2.32. The van der Waals surface area contributed by atoms with Crippen molar-refractivity contribution >= 4 is 55.6 Å². The van der Waals surface area contributed by atoms with Gasteiger partial charge in [0.25, 0.3) is 15.9 Å². The molecule has 30 heavy (non-hydrogen) atoms. The molecule has 3 rings (SSSR count). The molecule has 0 unspecified atom stereocenters. The average Bonchev–Trinajstić information content (AvgIpc) is 3.15. The van der Waals surface area contributed by atoms with E-state index in [-0.39, 0.29) is 33.2 Å². The highest BCUT2D eigenvalue weighted by atomic mass is 35.5. The maximum absolute atomic E-state index is 12.4. The molecule has 0 aliphatic heterocycles. The largest absolute Gasteiger partial charge is 0.492 e. The number of nitrogens with one attached hydrogen (secondary N) is 2. The minimum absolute atomic E-state index is 0.0161. The molecule has 1 amide bonds. The predicted molar refractivity (Wildman–Crippen MR) is 116 cm³/mol. The summed E-state index contributed by atoms with van der Waals surface area (Å²) in [5, 5.41) is 10.4. The first-order chi connectivity index (χ1) is 14.2. The van der Waals surface area contributed by atoms with E-state index in [1.54, 1.807) is 6.07 Å². The van der Waals surface area contributed by atoms with Crippen LogP contribution in [0.4, 0.5) is 5.13 Å². The summed E-state index contributed by atoms with van der Waals surface area (Å²) in [6.07, 6.45) is 0. The zero-order valence-electron chi connectivity index (χ0n) is 15.6. The Morgan fingerprint density at radius 3 is 2.70 bits per heavy atom. The summed E-state index contributed by atoms with van der Waals surface area (Å²) in [5.41, 5.74) is 1.21. The van der Waals surface area contributed by atoms with Crippen LogP contribution in [0, 0.1) is 6.92 Å². The number of benzene rings is 2. The molecule has 3 aromatic rings. The van der Waals surface area contributed by atoms with Crippen LogP contribution in [-0.2, 0) is 10.0 Å². The highest BCUT2D eigenvalue weighted by Gasteiger charge is 2.21. The molecule has 0 aliphatic carbocycles. The zero-order valence-corrected chi connectivity index (χ0v) is 18.7. The molecule has 12 heteroatoms. The molecule has 1 heterocycles. The first-order valence-electron chi connectivity index (χ1n) is 8.53. The molecule has 0 spiro atoms. The van der Waals surface area contributed by atoms with Crippen molar-refractivity contribution in [3.63, 3.8) is 0 Å². The highest BCUT2D eigenvalue weighted by molar-refractivity contribution is 7.91. The first-order valence-corrected chi connectivity index (χ1v) is 11.6. The van der Waals surface area contributed by atoms with Crippen LogP contribution in [0.3, 0.4) is 0 Å². The Labute approximate surface area is 187 Å². The monoisotopic (exact) mass is 486 g/mol. The number of nitrogens with zero attached hydrogens (tertiary/aromatic N) is 2. The number of sulfonamides is 1. The number of aryl methyl sites for hydroxylation is 1. The lowest BCUT2D eigenvalue weighted by Crippen LogP contribution is -2.28. The summed E-state index contributed by atoms with van der Waals surface area (Å²) >= 11 is 12.5. The number of hydrogen-bond acceptors (Lipinski definition) is 7. The molecule has 0 atom stereocenters. The Hall–Kier alpha value is -2.24. The Bertz CT molecular complexity index is 1170. The number of carbonyl (C=O) groups is 1. The van der Waals surface area contributed by atoms with Gasteiger partial charge in [-0.05, 0) is 42.8 Å². The van der Waals surface area contributed by atoms with Gasteiger partial charge in [-0.1, -0.05) is 46.7 Å². The van der Waals surface area contributed by atoms with Gasteiger partial charge in [0, 0.05) is 11.6 Å². The summed E-state index contributed by atoms with van der Waals surface area (Å²) in [6.45, 7) is 2.11. The molecule has 0 bridgehead atoms. The SMILES string of the molecule is Cc1cccc(OCCNS(=O)(=O)c2nnc(NC(=O)c3ccc(Cl)cc3Cl)s2)c1. The van der Waals surface area contributed by atoms with Crippen LogP contribution in [0.5, 0.6) is 5.75 Å². The normalized spacial score (nSPS) is 11.3. The second kappa shape index (κ2) is 9.71. The molecule has 1 aromatic heterocycles. The molecule has 0 saturated carbocycles. The van der Waals surface area contributed by atoms with E-state index in [0.717, 1.165) is 5.56 Å². The van der Waals surface area contributed by atoms with Gasteiger partial charge in [0.2, 0.25) is 9.47 Å². The van der Waals surface area contributed by atoms with Crippen molar-refractivity contribution < 1.29 is 17.9 Å². The molecule has 2 N–H and O–H groups in total. The molecular weight excluding hydrogens is 471 g/mol. The number of ether oxygens (including phenoxy) is 1. The van der Waals surface area contributed by atoms with Crippen molar-refractivity contribution in [2.45, 2.75) is 11.3 Å². The number of halogens is 2. The van der Waals surface area contributed by atoms with Gasteiger partial charge in [-0.3, -0.25) is 10.1 Å². The van der Waals surface area contributed by atoms with Crippen molar-refractivity contribution in [2.24, 2.45) is 0 Å². The van der Waals surface area contributed by atoms with Gasteiger partial charge in [0.05, 0.1) is 10.6 Å². The minimum atomic E-state index is -3.90. The Kier molecular flexibility index (Phi) is 7.27. The summed E-state index contributed by atoms with van der Waals surface area (Å²) in [7, 11) is -3.90. The maximum atomic E-state index is 12.4. The van der Waals surface area contributed by atoms with Crippen LogP contribution >= 0.6 is 34.5 Å². The number of hydrogen-bond donors (Lipinski definition) is 2. The smallest absolute Gasteiger partial charge is 0.269 e. The van der Waals surface area contributed by atoms with E-state index in [2.05, 4.69) is 20.2 Å². The average molecular weight is 487 g/mol. The third-order valence-electron chi connectivity index (χ3n) is 3.68. The summed E-state index contributed by atoms with van der Waals surface area (Å²) in [6, 6.07) is 11.8. The van der Waals surface area contributed by atoms with Crippen molar-refractivity contribution in [1.82, 2.24) is 14.9 Å². The fourth-order valence-corrected chi connectivity index (χ4v) is 4.76. The van der Waals surface area contributed by atoms with Crippen molar-refractivity contribution in [3.05, 3.63) is 63.6 Å². The van der Waals surface area contributed by atoms with Crippen molar-refractivity contribution in [2.75, 3.05) is 18.5 Å². The number of anilines is 1. The van der Waals surface area contributed by atoms with E-state index in [1.807, 2.05) is 25.1 Å². The van der Waals surface area contributed by atoms with Crippen molar-refractivity contribution in [3.8, 4) is 5.75 Å². The number of aromatic nitrogens is 2. The zero-order chi connectivity index (χ0) is 21.7. The van der Waals surface area contributed by atoms with Gasteiger partial charge < -0.3 is 4.74 Å². The van der Waals surface area contributed by atoms with E-state index in [0.29, 0.717) is 22.1 Å². The minimum Gasteiger partial charge on any atom is -0.492 e. The van der Waals surface area contributed by atoms with E-state index >= 15 is 0 Å². The predicted octanol–water partition coefficient (Wildman–Crippen LogP) is 3.76. The summed E-state index contributed by atoms with van der Waals surface area (Å²) in [4.78, 5) is 12.3. The first kappa shape index (κ1) is 22.4. The lowest BCUT2D eigenvalue weighted by Gasteiger charge is -2.07. The van der Waals surface area contributed by atoms with Gasteiger partial charge in [0.1, 0.15) is 12.4 Å². The van der Waals surface area contributed by atoms with E-state index in [1.165, 1.54) is 18.2 Å². The Morgan fingerprint density at radius 2 is 1.97 bits per heavy atom. The van der Waals surface area contributed by atoms with E-state index < -0.39 is 15.9 Å². The Balaban J connectivity index is 1.56. The van der Waals surface area contributed by atoms with Crippen LogP contribution < -0.4 is 14.8 Å². The molecule has 0 aliphatic rings. The molecule has 2 aromatic carbocycles. The summed E-state index contributed by atoms with van der Waals surface area (Å²) in [5.74, 6) is 0.0900. The lowest BCUT2D eigenvalue weighted by molar-refractivity contribution is 0.102.